The third-order valence-corrected chi connectivity index (χ3v) is 5.48. The van der Waals surface area contributed by atoms with E-state index in [-0.39, 0.29) is 0 Å². The van der Waals surface area contributed by atoms with Crippen molar-refractivity contribution in [3.63, 3.8) is 0 Å². The van der Waals surface area contributed by atoms with E-state index in [0.29, 0.717) is 0 Å². The Labute approximate surface area is 104 Å². The summed E-state index contributed by atoms with van der Waals surface area (Å²) in [6.07, 6.45) is 14.6. The molecule has 0 nitrogen and oxygen atoms in total. The first-order chi connectivity index (χ1) is 7.35. The molecule has 0 N–H and O–H groups in total. The Bertz CT molecular complexity index is 99.9. The van der Waals surface area contributed by atoms with Crippen molar-refractivity contribution in [1.82, 2.24) is 0 Å². The van der Waals surface area contributed by atoms with Crippen LogP contribution < -0.4 is 0 Å². The molecule has 0 aliphatic carbocycles. The van der Waals surface area contributed by atoms with Gasteiger partial charge in [-0.3, -0.25) is 0 Å². The van der Waals surface area contributed by atoms with Crippen molar-refractivity contribution in [2.45, 2.75) is 88.7 Å². The van der Waals surface area contributed by atoms with Crippen LogP contribution in [0.3, 0.4) is 0 Å². The zero-order valence-corrected chi connectivity index (χ0v) is 12.8. The second kappa shape index (κ2) is 12.6. The van der Waals surface area contributed by atoms with E-state index in [0.717, 1.165) is 19.8 Å². The molecule has 0 aromatic rings. The first-order valence-corrected chi connectivity index (χ1v) is 9.58. The normalized spacial score (nSPS) is 11.2. The van der Waals surface area contributed by atoms with Crippen molar-refractivity contribution < 1.29 is 0 Å². The molecule has 0 heterocycles. The van der Waals surface area contributed by atoms with Gasteiger partial charge in [0, 0.05) is 0 Å². The maximum atomic E-state index is 2.43. The molecule has 15 heavy (non-hydrogen) atoms. The molecular formula is C14H30Se. The number of hydrogen-bond donors (Lipinski definition) is 0. The summed E-state index contributed by atoms with van der Waals surface area (Å²) in [6.45, 7) is 4.60. The van der Waals surface area contributed by atoms with Crippen molar-refractivity contribution in [2.75, 3.05) is 0 Å². The van der Waals surface area contributed by atoms with Gasteiger partial charge in [-0.05, 0) is 0 Å². The molecule has 0 atom stereocenters. The molecule has 0 aliphatic heterocycles. The summed E-state index contributed by atoms with van der Waals surface area (Å²) in [7, 11) is 0. The summed E-state index contributed by atoms with van der Waals surface area (Å²) in [4.78, 5) is 1.09. The van der Waals surface area contributed by atoms with Crippen molar-refractivity contribution in [2.24, 2.45) is 0 Å². The van der Waals surface area contributed by atoms with Crippen LogP contribution in [0.5, 0.6) is 0 Å². The number of unbranched alkanes of at least 4 members (excludes halogenated alkanes) is 6. The van der Waals surface area contributed by atoms with Gasteiger partial charge in [0.05, 0.1) is 0 Å². The van der Waals surface area contributed by atoms with Crippen LogP contribution in [0.25, 0.3) is 0 Å². The summed E-state index contributed by atoms with van der Waals surface area (Å²) in [5, 5.41) is 0. The van der Waals surface area contributed by atoms with Crippen molar-refractivity contribution >= 4 is 15.0 Å². The average molecular weight is 277 g/mol. The van der Waals surface area contributed by atoms with Gasteiger partial charge >= 0.3 is 104 Å². The average Bonchev–Trinajstić information content (AvgIpc) is 2.27. The Morgan fingerprint density at radius 2 is 1.20 bits per heavy atom. The van der Waals surface area contributed by atoms with Gasteiger partial charge in [0.1, 0.15) is 0 Å². The Kier molecular flexibility index (Phi) is 13.0. The zero-order valence-electron chi connectivity index (χ0n) is 11.1. The fourth-order valence-electron chi connectivity index (χ4n) is 1.98. The number of hydrogen-bond acceptors (Lipinski definition) is 0. The van der Waals surface area contributed by atoms with Gasteiger partial charge in [-0.2, -0.15) is 0 Å². The maximum absolute atomic E-state index is 2.43. The van der Waals surface area contributed by atoms with E-state index in [9.17, 15) is 0 Å². The van der Waals surface area contributed by atoms with Crippen LogP contribution in [-0.4, -0.2) is 15.0 Å². The van der Waals surface area contributed by atoms with Gasteiger partial charge in [-0.25, -0.2) is 0 Å². The minimum atomic E-state index is 0.887. The summed E-state index contributed by atoms with van der Waals surface area (Å²) in [5.41, 5.74) is 0. The molecule has 92 valence electrons. The molecule has 0 fully saturated rings. The predicted octanol–water partition coefficient (Wildman–Crippen LogP) is 5.47. The Morgan fingerprint density at radius 3 is 1.53 bits per heavy atom. The molecule has 0 saturated carbocycles. The molecule has 0 amide bonds. The fourth-order valence-corrected chi connectivity index (χ4v) is 3.67. The van der Waals surface area contributed by atoms with Gasteiger partial charge < -0.3 is 0 Å². The fraction of sp³-hybridized carbons (Fsp3) is 1.00. The van der Waals surface area contributed by atoms with Crippen LogP contribution in [0, 0.1) is 0 Å². The van der Waals surface area contributed by atoms with E-state index < -0.39 is 0 Å². The van der Waals surface area contributed by atoms with Gasteiger partial charge in [0.25, 0.3) is 0 Å². The van der Waals surface area contributed by atoms with E-state index in [1.54, 1.807) is 0 Å². The van der Waals surface area contributed by atoms with Crippen LogP contribution in [0.1, 0.15) is 78.1 Å². The third kappa shape index (κ3) is 10.8. The molecule has 0 aromatic heterocycles. The first-order valence-electron chi connectivity index (χ1n) is 6.87. The van der Waals surface area contributed by atoms with E-state index in [1.807, 2.05) is 0 Å². The van der Waals surface area contributed by atoms with E-state index in [2.05, 4.69) is 19.7 Å². The molecule has 0 unspecified atom stereocenters. The van der Waals surface area contributed by atoms with Gasteiger partial charge in [0.2, 0.25) is 0 Å². The van der Waals surface area contributed by atoms with E-state index in [1.165, 1.54) is 64.2 Å². The topological polar surface area (TPSA) is 0 Å². The predicted molar refractivity (Wildman–Crippen MR) is 72.9 cm³/mol. The SMILES string of the molecule is CCCCCCC(CCCCCC)[Se]C. The first kappa shape index (κ1) is 15.5. The molecule has 0 radical (unpaired) electrons. The Hall–Kier alpha value is 0.519. The minimum absolute atomic E-state index is 0.887. The molecule has 0 spiro atoms. The van der Waals surface area contributed by atoms with E-state index in [4.69, 9.17) is 0 Å². The van der Waals surface area contributed by atoms with Crippen molar-refractivity contribution in [3.8, 4) is 0 Å². The second-order valence-electron chi connectivity index (χ2n) is 4.56. The quantitative estimate of drug-likeness (QED) is 0.347. The van der Waals surface area contributed by atoms with Crippen LogP contribution in [-0.2, 0) is 0 Å². The summed E-state index contributed by atoms with van der Waals surface area (Å²) < 4.78 is 0. The summed E-state index contributed by atoms with van der Waals surface area (Å²) >= 11 is 0.887. The molecule has 0 bridgehead atoms. The molecule has 0 aliphatic rings. The molecule has 0 saturated heterocycles. The Morgan fingerprint density at radius 1 is 0.733 bits per heavy atom. The van der Waals surface area contributed by atoms with Gasteiger partial charge in [-0.1, -0.05) is 0 Å². The molecule has 1 heteroatoms. The molecule has 0 rings (SSSR count). The standard InChI is InChI=1S/C14H30Se/c1-4-6-8-10-12-14(15-3)13-11-9-7-5-2/h14H,4-13H2,1-3H3. The zero-order chi connectivity index (χ0) is 11.4. The Balaban J connectivity index is 3.29. The van der Waals surface area contributed by atoms with Crippen LogP contribution in [0.4, 0.5) is 0 Å². The number of rotatable bonds is 11. The second-order valence-corrected chi connectivity index (χ2v) is 6.94. The third-order valence-electron chi connectivity index (χ3n) is 3.09. The van der Waals surface area contributed by atoms with Gasteiger partial charge in [0.15, 0.2) is 0 Å². The molecule has 0 aromatic carbocycles. The van der Waals surface area contributed by atoms with Crippen LogP contribution >= 0.6 is 0 Å². The summed E-state index contributed by atoms with van der Waals surface area (Å²) in [6, 6.07) is 0. The van der Waals surface area contributed by atoms with Crippen molar-refractivity contribution in [1.29, 1.82) is 0 Å². The van der Waals surface area contributed by atoms with Crippen molar-refractivity contribution in [3.05, 3.63) is 0 Å². The van der Waals surface area contributed by atoms with Gasteiger partial charge in [-0.15, -0.1) is 0 Å². The molecular weight excluding hydrogens is 247 g/mol. The van der Waals surface area contributed by atoms with E-state index >= 15 is 0 Å². The summed E-state index contributed by atoms with van der Waals surface area (Å²) in [5.74, 6) is 2.43. The monoisotopic (exact) mass is 278 g/mol. The van der Waals surface area contributed by atoms with Crippen LogP contribution in [0.2, 0.25) is 10.6 Å². The van der Waals surface area contributed by atoms with Crippen LogP contribution in [0.15, 0.2) is 0 Å².